The predicted molar refractivity (Wildman–Crippen MR) is 130 cm³/mol. The van der Waals surface area contributed by atoms with E-state index >= 15 is 0 Å². The van der Waals surface area contributed by atoms with Gasteiger partial charge in [-0.3, -0.25) is 0 Å². The molecule has 3 fully saturated rings. The fraction of sp³-hybridized carbons (Fsp3) is 0.862. The Balaban J connectivity index is 1.51. The predicted octanol–water partition coefficient (Wildman–Crippen LogP) is 6.92. The molecule has 31 heavy (non-hydrogen) atoms. The summed E-state index contributed by atoms with van der Waals surface area (Å²) in [7, 11) is 0. The average Bonchev–Trinajstić information content (AvgIpc) is 3.07. The molecule has 0 aliphatic heterocycles. The molecule has 0 radical (unpaired) electrons. The van der Waals surface area contributed by atoms with E-state index in [9.17, 15) is 10.2 Å². The largest absolute Gasteiger partial charge is 0.389 e. The average molecular weight is 429 g/mol. The molecule has 2 unspecified atom stereocenters. The van der Waals surface area contributed by atoms with E-state index in [1.807, 2.05) is 6.08 Å². The van der Waals surface area contributed by atoms with Gasteiger partial charge in [0.25, 0.3) is 0 Å². The van der Waals surface area contributed by atoms with Crippen LogP contribution in [0.3, 0.4) is 0 Å². The summed E-state index contributed by atoms with van der Waals surface area (Å²) < 4.78 is 0. The number of aliphatic hydroxyl groups is 2. The summed E-state index contributed by atoms with van der Waals surface area (Å²) in [5.74, 6) is 4.41. The van der Waals surface area contributed by atoms with Gasteiger partial charge >= 0.3 is 0 Å². The lowest BCUT2D eigenvalue weighted by Gasteiger charge is -2.60. The first-order chi connectivity index (χ1) is 14.6. The lowest BCUT2D eigenvalue weighted by molar-refractivity contribution is -0.0874. The lowest BCUT2D eigenvalue weighted by atomic mass is 9.46. The van der Waals surface area contributed by atoms with Gasteiger partial charge in [-0.25, -0.2) is 0 Å². The van der Waals surface area contributed by atoms with Gasteiger partial charge in [-0.2, -0.15) is 0 Å². The van der Waals surface area contributed by atoms with Gasteiger partial charge in [0.05, 0.1) is 12.2 Å². The maximum atomic E-state index is 11.1. The van der Waals surface area contributed by atoms with Crippen molar-refractivity contribution in [2.45, 2.75) is 111 Å². The Kier molecular flexibility index (Phi) is 6.56. The molecule has 3 saturated carbocycles. The SMILES string of the molecule is C=C(C)[C@H](CC)CC[C@@H](C)[C@H]1CC[C@H]2[C@@H]3CC(O)C4=CC(O)CC[C@]4(C)[C@H]3CC[C@]12C. The Bertz CT molecular complexity index is 710. The third kappa shape index (κ3) is 3.88. The zero-order chi connectivity index (χ0) is 22.6. The molecule has 0 aromatic rings. The Morgan fingerprint density at radius 2 is 1.84 bits per heavy atom. The van der Waals surface area contributed by atoms with Crippen molar-refractivity contribution >= 4 is 0 Å². The standard InChI is InChI=1S/C29H48O2/c1-7-20(18(2)3)9-8-19(4)23-10-11-24-22-17-27(31)26-16-21(30)12-14-29(26,6)25(22)13-15-28(23,24)5/h16,19-25,27,30-31H,2,7-15,17H2,1,3-6H3/t19-,20-,21?,22+,23-,24+,25+,27?,28-,29-/m1/s1. The minimum absolute atomic E-state index is 0.0996. The van der Waals surface area contributed by atoms with Crippen LogP contribution in [0.4, 0.5) is 0 Å². The van der Waals surface area contributed by atoms with E-state index in [1.54, 1.807) is 0 Å². The first-order valence-electron chi connectivity index (χ1n) is 13.4. The van der Waals surface area contributed by atoms with Gasteiger partial charge < -0.3 is 10.2 Å². The fourth-order valence-electron chi connectivity index (χ4n) is 9.20. The monoisotopic (exact) mass is 428 g/mol. The number of fused-ring (bicyclic) bond motifs is 5. The molecule has 2 nitrogen and oxygen atoms in total. The van der Waals surface area contributed by atoms with E-state index in [1.165, 1.54) is 56.1 Å². The normalized spacial score (nSPS) is 46.4. The van der Waals surface area contributed by atoms with Gasteiger partial charge in [0.2, 0.25) is 0 Å². The summed E-state index contributed by atoms with van der Waals surface area (Å²) in [6.45, 7) is 16.3. The summed E-state index contributed by atoms with van der Waals surface area (Å²) in [5.41, 5.74) is 3.07. The summed E-state index contributed by atoms with van der Waals surface area (Å²) in [5, 5.41) is 21.4. The summed E-state index contributed by atoms with van der Waals surface area (Å²) in [6, 6.07) is 0. The molecule has 0 bridgehead atoms. The quantitative estimate of drug-likeness (QED) is 0.451. The van der Waals surface area contributed by atoms with Crippen LogP contribution in [0.1, 0.15) is 98.8 Å². The van der Waals surface area contributed by atoms with Gasteiger partial charge in [-0.1, -0.05) is 45.9 Å². The Labute approximate surface area is 191 Å². The van der Waals surface area contributed by atoms with Crippen molar-refractivity contribution in [1.29, 1.82) is 0 Å². The molecule has 0 spiro atoms. The van der Waals surface area contributed by atoms with Crippen molar-refractivity contribution in [2.24, 2.45) is 46.3 Å². The minimum atomic E-state index is -0.356. The highest BCUT2D eigenvalue weighted by Crippen LogP contribution is 2.67. The lowest BCUT2D eigenvalue weighted by Crippen LogP contribution is -2.54. The van der Waals surface area contributed by atoms with E-state index in [0.717, 1.165) is 37.0 Å². The molecule has 0 aromatic heterocycles. The minimum Gasteiger partial charge on any atom is -0.389 e. The number of aliphatic hydroxyl groups excluding tert-OH is 2. The molecule has 0 heterocycles. The van der Waals surface area contributed by atoms with Crippen LogP contribution in [-0.4, -0.2) is 22.4 Å². The first kappa shape index (κ1) is 23.6. The van der Waals surface area contributed by atoms with Crippen LogP contribution in [0.25, 0.3) is 0 Å². The molecule has 0 saturated heterocycles. The first-order valence-corrected chi connectivity index (χ1v) is 13.4. The van der Waals surface area contributed by atoms with Crippen LogP contribution in [0.5, 0.6) is 0 Å². The second-order valence-corrected chi connectivity index (χ2v) is 12.5. The maximum absolute atomic E-state index is 11.1. The molecule has 2 N–H and O–H groups in total. The van der Waals surface area contributed by atoms with Crippen LogP contribution >= 0.6 is 0 Å². The van der Waals surface area contributed by atoms with Crippen molar-refractivity contribution in [1.82, 2.24) is 0 Å². The number of hydrogen-bond acceptors (Lipinski definition) is 2. The van der Waals surface area contributed by atoms with Gasteiger partial charge in [-0.05, 0) is 123 Å². The smallest absolute Gasteiger partial charge is 0.0759 e. The van der Waals surface area contributed by atoms with Crippen LogP contribution in [0.2, 0.25) is 0 Å². The molecular weight excluding hydrogens is 380 g/mol. The number of allylic oxidation sites excluding steroid dienone is 1. The third-order valence-corrected chi connectivity index (χ3v) is 11.0. The molecular formula is C29H48O2. The van der Waals surface area contributed by atoms with E-state index in [2.05, 4.69) is 41.2 Å². The number of rotatable bonds is 6. The zero-order valence-corrected chi connectivity index (χ0v) is 20.9. The van der Waals surface area contributed by atoms with Crippen molar-refractivity contribution in [2.75, 3.05) is 0 Å². The van der Waals surface area contributed by atoms with Crippen molar-refractivity contribution in [3.8, 4) is 0 Å². The number of hydrogen-bond donors (Lipinski definition) is 2. The van der Waals surface area contributed by atoms with Gasteiger partial charge in [-0.15, -0.1) is 0 Å². The van der Waals surface area contributed by atoms with Crippen molar-refractivity contribution in [3.63, 3.8) is 0 Å². The van der Waals surface area contributed by atoms with E-state index in [4.69, 9.17) is 0 Å². The second-order valence-electron chi connectivity index (χ2n) is 12.5. The summed E-state index contributed by atoms with van der Waals surface area (Å²) in [6.07, 6.45) is 13.4. The Morgan fingerprint density at radius 1 is 1.10 bits per heavy atom. The second kappa shape index (κ2) is 8.64. The zero-order valence-electron chi connectivity index (χ0n) is 20.9. The summed E-state index contributed by atoms with van der Waals surface area (Å²) in [4.78, 5) is 0. The molecule has 4 rings (SSSR count). The van der Waals surface area contributed by atoms with Crippen LogP contribution < -0.4 is 0 Å². The molecule has 4 aliphatic rings. The molecule has 0 amide bonds. The summed E-state index contributed by atoms with van der Waals surface area (Å²) >= 11 is 0. The van der Waals surface area contributed by atoms with Gasteiger partial charge in [0, 0.05) is 0 Å². The fourth-order valence-corrected chi connectivity index (χ4v) is 9.20. The van der Waals surface area contributed by atoms with Crippen molar-refractivity contribution < 1.29 is 10.2 Å². The van der Waals surface area contributed by atoms with Crippen LogP contribution in [0.15, 0.2) is 23.8 Å². The van der Waals surface area contributed by atoms with E-state index in [-0.39, 0.29) is 17.6 Å². The van der Waals surface area contributed by atoms with Gasteiger partial charge in [0.15, 0.2) is 0 Å². The maximum Gasteiger partial charge on any atom is 0.0759 e. The molecule has 176 valence electrons. The highest BCUT2D eigenvalue weighted by Gasteiger charge is 2.60. The topological polar surface area (TPSA) is 40.5 Å². The Morgan fingerprint density at radius 3 is 2.52 bits per heavy atom. The van der Waals surface area contributed by atoms with Gasteiger partial charge in [0.1, 0.15) is 0 Å². The Hall–Kier alpha value is -0.600. The molecule has 2 heteroatoms. The molecule has 10 atom stereocenters. The highest BCUT2D eigenvalue weighted by atomic mass is 16.3. The van der Waals surface area contributed by atoms with E-state index < -0.39 is 0 Å². The molecule has 0 aromatic carbocycles. The third-order valence-electron chi connectivity index (χ3n) is 11.0. The van der Waals surface area contributed by atoms with Crippen LogP contribution in [-0.2, 0) is 0 Å². The van der Waals surface area contributed by atoms with Crippen LogP contribution in [0, 0.1) is 46.3 Å². The van der Waals surface area contributed by atoms with Crippen molar-refractivity contribution in [3.05, 3.63) is 23.8 Å². The highest BCUT2D eigenvalue weighted by molar-refractivity contribution is 5.29. The van der Waals surface area contributed by atoms with E-state index in [0.29, 0.717) is 23.2 Å². The molecule has 4 aliphatic carbocycles.